The number of hydrogen-bond acceptors (Lipinski definition) is 7. The number of rotatable bonds is 7. The van der Waals surface area contributed by atoms with Crippen molar-refractivity contribution in [3.8, 4) is 28.0 Å². The highest BCUT2D eigenvalue weighted by molar-refractivity contribution is 7.13. The summed E-state index contributed by atoms with van der Waals surface area (Å²) in [6.07, 6.45) is 0.762. The fourth-order valence-corrected chi connectivity index (χ4v) is 3.87. The summed E-state index contributed by atoms with van der Waals surface area (Å²) in [5, 5.41) is 26.0. The summed E-state index contributed by atoms with van der Waals surface area (Å²) < 4.78 is 5.92. The maximum atomic E-state index is 10.9. The number of carboxylic acid groups (broad SMARTS) is 1. The quantitative estimate of drug-likeness (QED) is 0.466. The lowest BCUT2D eigenvalue weighted by molar-refractivity contribution is -0.255. The van der Waals surface area contributed by atoms with Gasteiger partial charge in [-0.15, -0.1) is 11.3 Å². The summed E-state index contributed by atoms with van der Waals surface area (Å²) in [7, 11) is 0. The molecule has 154 valence electrons. The predicted octanol–water partition coefficient (Wildman–Crippen LogP) is 4.48. The van der Waals surface area contributed by atoms with Gasteiger partial charge < -0.3 is 19.6 Å². The second kappa shape index (κ2) is 8.86. The highest BCUT2D eigenvalue weighted by Crippen LogP contribution is 2.35. The number of benzene rings is 1. The van der Waals surface area contributed by atoms with Crippen molar-refractivity contribution in [2.45, 2.75) is 19.9 Å². The third kappa shape index (κ3) is 4.34. The van der Waals surface area contributed by atoms with Crippen molar-refractivity contribution < 1.29 is 14.3 Å². The van der Waals surface area contributed by atoms with Crippen LogP contribution in [0.25, 0.3) is 21.9 Å². The van der Waals surface area contributed by atoms with Crippen LogP contribution in [-0.2, 0) is 13.0 Å². The molecule has 6 nitrogen and oxygen atoms in total. The standard InChI is InChI=1S/C24H19N3O3S/c1-2-17-9-10-21(30-17)18-12-20(22-4-3-11-31-22)27-23(19(18)13-25)26-14-15-5-7-16(8-6-15)24(28)29/h3-12H,2,14H2,1H3,(H,26,27)(H,28,29)/p-1. The van der Waals surface area contributed by atoms with Gasteiger partial charge in [-0.3, -0.25) is 0 Å². The Morgan fingerprint density at radius 3 is 2.65 bits per heavy atom. The molecule has 0 saturated heterocycles. The first-order valence-corrected chi connectivity index (χ1v) is 10.6. The summed E-state index contributed by atoms with van der Waals surface area (Å²) in [6.45, 7) is 2.39. The molecule has 0 aliphatic carbocycles. The summed E-state index contributed by atoms with van der Waals surface area (Å²) in [5.41, 5.74) is 2.78. The van der Waals surface area contributed by atoms with Gasteiger partial charge in [0.15, 0.2) is 0 Å². The molecule has 1 N–H and O–H groups in total. The van der Waals surface area contributed by atoms with Crippen molar-refractivity contribution in [2.75, 3.05) is 5.32 Å². The molecule has 0 spiro atoms. The number of nitrogens with one attached hydrogen (secondary N) is 1. The Morgan fingerprint density at radius 2 is 2.03 bits per heavy atom. The molecule has 0 fully saturated rings. The molecule has 0 bridgehead atoms. The number of carboxylic acids is 1. The van der Waals surface area contributed by atoms with Crippen LogP contribution in [0.4, 0.5) is 5.82 Å². The lowest BCUT2D eigenvalue weighted by Gasteiger charge is -2.13. The Balaban J connectivity index is 1.73. The van der Waals surface area contributed by atoms with Crippen molar-refractivity contribution in [3.63, 3.8) is 0 Å². The van der Waals surface area contributed by atoms with Crippen molar-refractivity contribution >= 4 is 23.1 Å². The minimum atomic E-state index is -1.22. The van der Waals surface area contributed by atoms with Crippen LogP contribution in [0.2, 0.25) is 0 Å². The van der Waals surface area contributed by atoms with Gasteiger partial charge in [0.2, 0.25) is 0 Å². The van der Waals surface area contributed by atoms with E-state index in [0.717, 1.165) is 28.3 Å². The molecule has 3 heterocycles. The maximum Gasteiger partial charge on any atom is 0.145 e. The molecular weight excluding hydrogens is 410 g/mol. The van der Waals surface area contributed by atoms with Gasteiger partial charge in [-0.2, -0.15) is 5.26 Å². The maximum absolute atomic E-state index is 10.9. The molecule has 4 aromatic rings. The first kappa shape index (κ1) is 20.4. The number of furan rings is 1. The van der Waals surface area contributed by atoms with Crippen LogP contribution in [-0.4, -0.2) is 11.0 Å². The van der Waals surface area contributed by atoms with E-state index >= 15 is 0 Å². The fourth-order valence-electron chi connectivity index (χ4n) is 3.19. The molecule has 0 amide bonds. The SMILES string of the molecule is CCc1ccc(-c2cc(-c3cccs3)nc(NCc3ccc(C(=O)[O-])cc3)c2C#N)o1. The first-order chi connectivity index (χ1) is 15.1. The van der Waals surface area contributed by atoms with E-state index in [1.165, 1.54) is 12.1 Å². The van der Waals surface area contributed by atoms with Crippen LogP contribution in [0.5, 0.6) is 0 Å². The van der Waals surface area contributed by atoms with E-state index in [1.807, 2.05) is 42.6 Å². The van der Waals surface area contributed by atoms with Crippen LogP contribution in [0.1, 0.15) is 34.2 Å². The number of nitriles is 1. The first-order valence-electron chi connectivity index (χ1n) is 9.71. The van der Waals surface area contributed by atoms with E-state index in [9.17, 15) is 15.2 Å². The van der Waals surface area contributed by atoms with Crippen molar-refractivity contribution in [3.05, 3.63) is 82.4 Å². The highest BCUT2D eigenvalue weighted by atomic mass is 32.1. The number of aryl methyl sites for hydroxylation is 1. The van der Waals surface area contributed by atoms with E-state index < -0.39 is 5.97 Å². The number of aromatic carboxylic acids is 1. The Kier molecular flexibility index (Phi) is 5.83. The number of carbonyl (C=O) groups excluding carboxylic acids is 1. The zero-order chi connectivity index (χ0) is 21.8. The van der Waals surface area contributed by atoms with Crippen LogP contribution < -0.4 is 10.4 Å². The summed E-state index contributed by atoms with van der Waals surface area (Å²) >= 11 is 1.57. The van der Waals surface area contributed by atoms with Gasteiger partial charge in [0.25, 0.3) is 0 Å². The number of thiophene rings is 1. The lowest BCUT2D eigenvalue weighted by Crippen LogP contribution is -2.22. The van der Waals surface area contributed by atoms with E-state index in [1.54, 1.807) is 23.5 Å². The fraction of sp³-hybridized carbons (Fsp3) is 0.125. The molecule has 7 heteroatoms. The smallest absolute Gasteiger partial charge is 0.145 e. The van der Waals surface area contributed by atoms with E-state index in [0.29, 0.717) is 29.2 Å². The Bertz CT molecular complexity index is 1250. The van der Waals surface area contributed by atoms with Gasteiger partial charge in [0, 0.05) is 18.5 Å². The predicted molar refractivity (Wildman–Crippen MR) is 117 cm³/mol. The number of hydrogen-bond donors (Lipinski definition) is 1. The molecule has 0 atom stereocenters. The molecule has 3 aromatic heterocycles. The average molecular weight is 428 g/mol. The zero-order valence-electron chi connectivity index (χ0n) is 16.7. The van der Waals surface area contributed by atoms with Gasteiger partial charge >= 0.3 is 0 Å². The second-order valence-corrected chi connectivity index (χ2v) is 7.77. The molecule has 0 aliphatic rings. The number of carbonyl (C=O) groups is 1. The van der Waals surface area contributed by atoms with Gasteiger partial charge in [-0.1, -0.05) is 37.3 Å². The molecule has 4 rings (SSSR count). The summed E-state index contributed by atoms with van der Waals surface area (Å²) in [5.74, 6) is 0.693. The lowest BCUT2D eigenvalue weighted by atomic mass is 10.1. The molecule has 0 unspecified atom stereocenters. The molecule has 1 aromatic carbocycles. The molecule has 0 radical (unpaired) electrons. The number of anilines is 1. The van der Waals surface area contributed by atoms with Gasteiger partial charge in [0.05, 0.1) is 16.5 Å². The summed E-state index contributed by atoms with van der Waals surface area (Å²) in [4.78, 5) is 16.6. The van der Waals surface area contributed by atoms with Crippen molar-refractivity contribution in [1.82, 2.24) is 4.98 Å². The monoisotopic (exact) mass is 428 g/mol. The Morgan fingerprint density at radius 1 is 1.23 bits per heavy atom. The summed E-state index contributed by atoms with van der Waals surface area (Å²) in [6, 6.07) is 18.2. The molecule has 0 saturated carbocycles. The minimum Gasteiger partial charge on any atom is -0.545 e. The highest BCUT2D eigenvalue weighted by Gasteiger charge is 2.18. The minimum absolute atomic E-state index is 0.117. The number of nitrogens with zero attached hydrogens (tertiary/aromatic N) is 2. The van der Waals surface area contributed by atoms with Gasteiger partial charge in [-0.25, -0.2) is 4.98 Å². The molecule has 31 heavy (non-hydrogen) atoms. The second-order valence-electron chi connectivity index (χ2n) is 6.83. The molecular formula is C24H18N3O3S-. The van der Waals surface area contributed by atoms with E-state index in [2.05, 4.69) is 11.4 Å². The average Bonchev–Trinajstić information content (AvgIpc) is 3.49. The van der Waals surface area contributed by atoms with E-state index in [-0.39, 0.29) is 5.56 Å². The third-order valence-corrected chi connectivity index (χ3v) is 5.72. The van der Waals surface area contributed by atoms with Crippen LogP contribution in [0.15, 0.2) is 64.4 Å². The Hall–Kier alpha value is -3.89. The normalized spacial score (nSPS) is 10.6. The van der Waals surface area contributed by atoms with E-state index in [4.69, 9.17) is 9.40 Å². The number of pyridine rings is 1. The Labute approximate surface area is 183 Å². The van der Waals surface area contributed by atoms with Crippen molar-refractivity contribution in [1.29, 1.82) is 5.26 Å². The van der Waals surface area contributed by atoms with Gasteiger partial charge in [0.1, 0.15) is 29.0 Å². The third-order valence-electron chi connectivity index (χ3n) is 4.83. The van der Waals surface area contributed by atoms with Crippen molar-refractivity contribution in [2.24, 2.45) is 0 Å². The number of aromatic nitrogens is 1. The van der Waals surface area contributed by atoms with Crippen LogP contribution in [0.3, 0.4) is 0 Å². The molecule has 0 aliphatic heterocycles. The van der Waals surface area contributed by atoms with Gasteiger partial charge in [-0.05, 0) is 40.8 Å². The largest absolute Gasteiger partial charge is 0.545 e. The zero-order valence-corrected chi connectivity index (χ0v) is 17.5. The topological polar surface area (TPSA) is 102 Å². The van der Waals surface area contributed by atoms with Crippen LogP contribution >= 0.6 is 11.3 Å². The van der Waals surface area contributed by atoms with Crippen LogP contribution in [0, 0.1) is 11.3 Å².